The number of carbonyl (C=O) groups excluding carboxylic acids is 1. The Morgan fingerprint density at radius 3 is 2.32 bits per heavy atom. The predicted molar refractivity (Wildman–Crippen MR) is 119 cm³/mol. The number of anilines is 1. The van der Waals surface area contributed by atoms with Crippen LogP contribution in [0.25, 0.3) is 22.4 Å². The zero-order chi connectivity index (χ0) is 23.9. The van der Waals surface area contributed by atoms with E-state index in [1.54, 1.807) is 12.4 Å². The van der Waals surface area contributed by atoms with Gasteiger partial charge in [0.15, 0.2) is 5.82 Å². The maximum absolute atomic E-state index is 11.0. The van der Waals surface area contributed by atoms with Crippen molar-refractivity contribution in [2.75, 3.05) is 11.9 Å². The van der Waals surface area contributed by atoms with Gasteiger partial charge in [0.1, 0.15) is 18.0 Å². The fraction of sp³-hybridized carbons (Fsp3) is 0.429. The minimum Gasteiger partial charge on any atom is -0.368 e. The molecule has 0 saturated heterocycles. The normalized spacial score (nSPS) is 10.0. The first kappa shape index (κ1) is 27.8. The average molecular weight is 441 g/mol. The summed E-state index contributed by atoms with van der Waals surface area (Å²) in [6, 6.07) is 6.14. The maximum atomic E-state index is 11.0. The summed E-state index contributed by atoms with van der Waals surface area (Å²) in [6.07, 6.45) is 1.14. The quantitative estimate of drug-likeness (QED) is 0.475. The van der Waals surface area contributed by atoms with E-state index in [-0.39, 0.29) is 6.41 Å². The van der Waals surface area contributed by atoms with Gasteiger partial charge in [-0.05, 0) is 32.0 Å². The molecule has 0 atom stereocenters. The molecule has 0 aliphatic rings. The van der Waals surface area contributed by atoms with Crippen molar-refractivity contribution in [1.29, 1.82) is 0 Å². The van der Waals surface area contributed by atoms with Crippen LogP contribution in [-0.2, 0) is 4.79 Å². The van der Waals surface area contributed by atoms with Crippen molar-refractivity contribution >= 4 is 23.3 Å². The maximum Gasteiger partial charge on any atom is 0.405 e. The van der Waals surface area contributed by atoms with E-state index < -0.39 is 12.7 Å². The van der Waals surface area contributed by atoms with Crippen molar-refractivity contribution in [3.05, 3.63) is 36.8 Å². The molecule has 10 heteroatoms. The lowest BCUT2D eigenvalue weighted by Crippen LogP contribution is -2.27. The van der Waals surface area contributed by atoms with Gasteiger partial charge in [-0.1, -0.05) is 27.7 Å². The number of nitrogens with zero attached hydrogens (tertiary/aromatic N) is 3. The molecule has 3 heterocycles. The lowest BCUT2D eigenvalue weighted by Gasteiger charge is -2.09. The summed E-state index contributed by atoms with van der Waals surface area (Å²) in [5.41, 5.74) is 1.82. The second-order valence-electron chi connectivity index (χ2n) is 5.78. The molecule has 0 fully saturated rings. The van der Waals surface area contributed by atoms with Crippen molar-refractivity contribution < 1.29 is 18.0 Å². The van der Waals surface area contributed by atoms with Gasteiger partial charge in [-0.15, -0.1) is 0 Å². The summed E-state index contributed by atoms with van der Waals surface area (Å²) in [4.78, 5) is 25.5. The molecule has 3 aromatic heterocycles. The van der Waals surface area contributed by atoms with Crippen LogP contribution in [0.1, 0.15) is 41.5 Å². The number of fused-ring (bicyclic) bond motifs is 1. The van der Waals surface area contributed by atoms with E-state index in [4.69, 9.17) is 0 Å². The second kappa shape index (κ2) is 14.8. The minimum absolute atomic E-state index is 0.00743. The summed E-state index contributed by atoms with van der Waals surface area (Å²) in [5, 5.41) is 5.79. The van der Waals surface area contributed by atoms with Crippen LogP contribution in [0.4, 0.5) is 19.0 Å². The molecule has 0 bridgehead atoms. The van der Waals surface area contributed by atoms with Crippen LogP contribution in [0.15, 0.2) is 36.8 Å². The summed E-state index contributed by atoms with van der Waals surface area (Å²) in [5.74, 6) is 1.53. The Bertz CT molecular complexity index is 881. The predicted octanol–water partition coefficient (Wildman–Crippen LogP) is 5.19. The van der Waals surface area contributed by atoms with Crippen LogP contribution < -0.4 is 10.6 Å². The molecular weight excluding hydrogens is 409 g/mol. The molecule has 0 radical (unpaired) electrons. The third kappa shape index (κ3) is 10.4. The van der Waals surface area contributed by atoms with Gasteiger partial charge in [-0.25, -0.2) is 15.0 Å². The molecule has 1 amide bonds. The Morgan fingerprint density at radius 2 is 1.77 bits per heavy atom. The molecule has 172 valence electrons. The highest BCUT2D eigenvalue weighted by atomic mass is 19.4. The summed E-state index contributed by atoms with van der Waals surface area (Å²) in [7, 11) is 0. The summed E-state index contributed by atoms with van der Waals surface area (Å²) in [6.45, 7) is 10.9. The van der Waals surface area contributed by atoms with E-state index in [0.717, 1.165) is 22.4 Å². The number of nitrogens with one attached hydrogen (secondary N) is 3. The van der Waals surface area contributed by atoms with Crippen molar-refractivity contribution in [2.24, 2.45) is 0 Å². The van der Waals surface area contributed by atoms with Crippen molar-refractivity contribution in [3.63, 3.8) is 0 Å². The number of pyridine rings is 1. The van der Waals surface area contributed by atoms with Crippen molar-refractivity contribution in [1.82, 2.24) is 25.3 Å². The molecule has 0 aromatic carbocycles. The number of aromatic amines is 1. The minimum atomic E-state index is -4.29. The standard InChI is InChI=1S/C14H15N5.C3H4F3NO.2C2H6/c1-9(2)18-12-5-7-16-14(19-12)11-8-17-13-10(11)4-3-6-15-13;4-3(5,6)1-7-2-8;2*1-2/h3-9H,1-2H3,(H,15,17)(H,16,18,19);2H,1H2,(H,7,8);2*1-2H3. The van der Waals surface area contributed by atoms with Gasteiger partial charge in [0, 0.05) is 35.6 Å². The van der Waals surface area contributed by atoms with E-state index in [9.17, 15) is 18.0 Å². The summed E-state index contributed by atoms with van der Waals surface area (Å²) >= 11 is 0. The third-order valence-electron chi connectivity index (χ3n) is 3.17. The van der Waals surface area contributed by atoms with Crippen molar-refractivity contribution in [2.45, 2.75) is 53.8 Å². The number of hydrogen-bond donors (Lipinski definition) is 3. The van der Waals surface area contributed by atoms with Crippen LogP contribution in [0.3, 0.4) is 0 Å². The zero-order valence-electron chi connectivity index (χ0n) is 18.7. The first-order chi connectivity index (χ1) is 14.8. The molecule has 0 aliphatic heterocycles. The highest BCUT2D eigenvalue weighted by Gasteiger charge is 2.25. The smallest absolute Gasteiger partial charge is 0.368 e. The molecule has 7 nitrogen and oxygen atoms in total. The Kier molecular flexibility index (Phi) is 13.2. The molecule has 0 unspecified atom stereocenters. The number of H-pyrrole nitrogens is 1. The molecule has 0 spiro atoms. The number of rotatable bonds is 5. The van der Waals surface area contributed by atoms with Gasteiger partial charge in [0.2, 0.25) is 6.41 Å². The van der Waals surface area contributed by atoms with Gasteiger partial charge in [0.25, 0.3) is 0 Å². The fourth-order valence-corrected chi connectivity index (χ4v) is 2.16. The molecule has 3 rings (SSSR count). The Hall–Kier alpha value is -3.17. The number of halogens is 3. The van der Waals surface area contributed by atoms with E-state index in [0.29, 0.717) is 11.9 Å². The average Bonchev–Trinajstić information content (AvgIpc) is 3.19. The van der Waals surface area contributed by atoms with E-state index in [1.807, 2.05) is 52.1 Å². The zero-order valence-corrected chi connectivity index (χ0v) is 18.7. The SMILES string of the molecule is CC.CC.CC(C)Nc1ccnc(-c2c[nH]c3ncccc23)n1.O=CNCC(F)(F)F. The van der Waals surface area contributed by atoms with E-state index in [1.165, 1.54) is 5.32 Å². The molecule has 3 N–H and O–H groups in total. The Balaban J connectivity index is 0.000000637. The summed E-state index contributed by atoms with van der Waals surface area (Å²) < 4.78 is 33.1. The van der Waals surface area contributed by atoms with Gasteiger partial charge >= 0.3 is 6.18 Å². The first-order valence-corrected chi connectivity index (χ1v) is 10.1. The first-order valence-electron chi connectivity index (χ1n) is 10.1. The van der Waals surface area contributed by atoms with Gasteiger partial charge in [-0.2, -0.15) is 13.2 Å². The highest BCUT2D eigenvalue weighted by molar-refractivity contribution is 5.91. The van der Waals surface area contributed by atoms with Gasteiger partial charge in [-0.3, -0.25) is 4.79 Å². The monoisotopic (exact) mass is 440 g/mol. The third-order valence-corrected chi connectivity index (χ3v) is 3.17. The largest absolute Gasteiger partial charge is 0.405 e. The molecular formula is C21H31F3N6O. The second-order valence-corrected chi connectivity index (χ2v) is 5.78. The topological polar surface area (TPSA) is 95.6 Å². The molecule has 3 aromatic rings. The van der Waals surface area contributed by atoms with Gasteiger partial charge in [0.05, 0.1) is 0 Å². The number of hydrogen-bond acceptors (Lipinski definition) is 5. The van der Waals surface area contributed by atoms with Crippen LogP contribution >= 0.6 is 0 Å². The van der Waals surface area contributed by atoms with Crippen LogP contribution in [0.5, 0.6) is 0 Å². The lowest BCUT2D eigenvalue weighted by atomic mass is 10.2. The van der Waals surface area contributed by atoms with Gasteiger partial charge < -0.3 is 15.6 Å². The fourth-order valence-electron chi connectivity index (χ4n) is 2.16. The molecule has 0 saturated carbocycles. The number of aromatic nitrogens is 4. The Labute approximate surface area is 180 Å². The number of carbonyl (C=O) groups is 1. The number of amides is 1. The van der Waals surface area contributed by atoms with Crippen LogP contribution in [-0.4, -0.2) is 45.1 Å². The van der Waals surface area contributed by atoms with E-state index in [2.05, 4.69) is 39.1 Å². The molecule has 0 aliphatic carbocycles. The highest BCUT2D eigenvalue weighted by Crippen LogP contribution is 2.25. The number of alkyl halides is 3. The lowest BCUT2D eigenvalue weighted by molar-refractivity contribution is -0.132. The molecule has 31 heavy (non-hydrogen) atoms. The van der Waals surface area contributed by atoms with E-state index >= 15 is 0 Å². The van der Waals surface area contributed by atoms with Crippen molar-refractivity contribution in [3.8, 4) is 11.4 Å². The van der Waals surface area contributed by atoms with Crippen LogP contribution in [0, 0.1) is 0 Å². The Morgan fingerprint density at radius 1 is 1.10 bits per heavy atom. The van der Waals surface area contributed by atoms with Crippen LogP contribution in [0.2, 0.25) is 0 Å².